The number of primary sulfonamides is 1. The highest BCUT2D eigenvalue weighted by atomic mass is 35.5. The molecule has 20 heavy (non-hydrogen) atoms. The number of rotatable bonds is 6. The van der Waals surface area contributed by atoms with Gasteiger partial charge in [-0.2, -0.15) is 0 Å². The summed E-state index contributed by atoms with van der Waals surface area (Å²) in [7, 11) is -7.73. The minimum absolute atomic E-state index is 0.0221. The van der Waals surface area contributed by atoms with Gasteiger partial charge in [0.1, 0.15) is 4.90 Å². The molecule has 11 heteroatoms. The molecule has 0 aromatic heterocycles. The van der Waals surface area contributed by atoms with E-state index >= 15 is 0 Å². The van der Waals surface area contributed by atoms with Crippen LogP contribution in [0, 0.1) is 5.82 Å². The van der Waals surface area contributed by atoms with Crippen molar-refractivity contribution in [3.63, 3.8) is 0 Å². The summed E-state index contributed by atoms with van der Waals surface area (Å²) in [5.41, 5.74) is 0. The third kappa shape index (κ3) is 4.83. The van der Waals surface area contributed by atoms with Crippen LogP contribution < -0.4 is 9.86 Å². The highest BCUT2D eigenvalue weighted by Crippen LogP contribution is 2.29. The van der Waals surface area contributed by atoms with Crippen LogP contribution in [-0.4, -0.2) is 29.1 Å². The van der Waals surface area contributed by atoms with Crippen LogP contribution in [0.2, 0.25) is 10.0 Å². The largest absolute Gasteiger partial charge is 0.242 e. The van der Waals surface area contributed by atoms with E-state index in [1.165, 1.54) is 0 Å². The number of hydrogen-bond donors (Lipinski definition) is 2. The molecule has 0 atom stereocenters. The van der Waals surface area contributed by atoms with Crippen LogP contribution in [0.3, 0.4) is 0 Å². The molecular weight excluding hydrogens is 354 g/mol. The van der Waals surface area contributed by atoms with E-state index in [0.717, 1.165) is 12.1 Å². The van der Waals surface area contributed by atoms with E-state index in [2.05, 4.69) is 4.72 Å². The highest BCUT2D eigenvalue weighted by Gasteiger charge is 2.21. The van der Waals surface area contributed by atoms with Crippen molar-refractivity contribution in [1.82, 2.24) is 4.72 Å². The molecule has 0 unspecified atom stereocenters. The van der Waals surface area contributed by atoms with E-state index in [4.69, 9.17) is 28.3 Å². The molecule has 1 aromatic carbocycles. The number of halogens is 3. The van der Waals surface area contributed by atoms with E-state index in [9.17, 15) is 21.2 Å². The topological polar surface area (TPSA) is 106 Å². The summed E-state index contributed by atoms with van der Waals surface area (Å²) in [5, 5.41) is 3.84. The Labute approximate surface area is 126 Å². The summed E-state index contributed by atoms with van der Waals surface area (Å²) in [6.07, 6.45) is -0.0221. The second kappa shape index (κ2) is 6.54. The Balaban J connectivity index is 2.83. The summed E-state index contributed by atoms with van der Waals surface area (Å²) < 4.78 is 60.6. The van der Waals surface area contributed by atoms with Gasteiger partial charge in [-0.25, -0.2) is 31.1 Å². The third-order valence-corrected chi connectivity index (χ3v) is 5.32. The van der Waals surface area contributed by atoms with Gasteiger partial charge in [0, 0.05) is 6.54 Å². The lowest BCUT2D eigenvalue weighted by atomic mass is 10.3. The SMILES string of the molecule is NS(=O)(=O)CCCNS(=O)(=O)c1ccc(Cl)c(F)c1Cl. The van der Waals surface area contributed by atoms with Crippen molar-refractivity contribution < 1.29 is 21.2 Å². The molecule has 0 aliphatic rings. The Morgan fingerprint density at radius 1 is 1.20 bits per heavy atom. The fourth-order valence-electron chi connectivity index (χ4n) is 1.27. The zero-order chi connectivity index (χ0) is 15.6. The third-order valence-electron chi connectivity index (χ3n) is 2.19. The van der Waals surface area contributed by atoms with E-state index in [1.54, 1.807) is 0 Å². The molecular formula is C9H11Cl2FN2O4S2. The molecule has 1 aromatic rings. The first-order valence-electron chi connectivity index (χ1n) is 5.18. The number of nitrogens with two attached hydrogens (primary N) is 1. The first-order chi connectivity index (χ1) is 9.04. The molecule has 0 bridgehead atoms. The Hall–Kier alpha value is -0.450. The molecule has 0 amide bonds. The molecule has 0 aliphatic heterocycles. The van der Waals surface area contributed by atoms with Crippen LogP contribution in [-0.2, 0) is 20.0 Å². The van der Waals surface area contributed by atoms with Crippen molar-refractivity contribution in [2.24, 2.45) is 5.14 Å². The molecule has 0 heterocycles. The van der Waals surface area contributed by atoms with Crippen LogP contribution in [0.4, 0.5) is 4.39 Å². The molecule has 0 saturated carbocycles. The van der Waals surface area contributed by atoms with Crippen LogP contribution in [0.15, 0.2) is 17.0 Å². The maximum atomic E-state index is 13.4. The fraction of sp³-hybridized carbons (Fsp3) is 0.333. The Kier molecular flexibility index (Phi) is 5.76. The second-order valence-electron chi connectivity index (χ2n) is 3.79. The van der Waals surface area contributed by atoms with Crippen LogP contribution in [0.5, 0.6) is 0 Å². The van der Waals surface area contributed by atoms with Gasteiger partial charge in [0.15, 0.2) is 5.82 Å². The molecule has 0 saturated heterocycles. The van der Waals surface area contributed by atoms with Crippen molar-refractivity contribution in [3.05, 3.63) is 28.0 Å². The van der Waals surface area contributed by atoms with E-state index in [-0.39, 0.29) is 23.7 Å². The molecule has 0 radical (unpaired) electrons. The minimum Gasteiger partial charge on any atom is -0.229 e. The molecule has 1 rings (SSSR count). The summed E-state index contributed by atoms with van der Waals surface area (Å²) in [6, 6.07) is 2.11. The maximum Gasteiger partial charge on any atom is 0.242 e. The zero-order valence-electron chi connectivity index (χ0n) is 9.94. The van der Waals surface area contributed by atoms with Crippen LogP contribution in [0.25, 0.3) is 0 Å². The number of benzene rings is 1. The van der Waals surface area contributed by atoms with Crippen molar-refractivity contribution >= 4 is 43.2 Å². The predicted molar refractivity (Wildman–Crippen MR) is 74.2 cm³/mol. The second-order valence-corrected chi connectivity index (χ2v) is 8.05. The van der Waals surface area contributed by atoms with Gasteiger partial charge in [-0.15, -0.1) is 0 Å². The average Bonchev–Trinajstić information content (AvgIpc) is 2.30. The normalized spacial score (nSPS) is 12.6. The van der Waals surface area contributed by atoms with Crippen molar-refractivity contribution in [2.75, 3.05) is 12.3 Å². The van der Waals surface area contributed by atoms with Gasteiger partial charge in [-0.3, -0.25) is 0 Å². The maximum absolute atomic E-state index is 13.4. The lowest BCUT2D eigenvalue weighted by Crippen LogP contribution is -2.27. The highest BCUT2D eigenvalue weighted by molar-refractivity contribution is 7.89. The number of sulfonamides is 2. The smallest absolute Gasteiger partial charge is 0.229 e. The molecule has 3 N–H and O–H groups in total. The fourth-order valence-corrected chi connectivity index (χ4v) is 3.64. The lowest BCUT2D eigenvalue weighted by Gasteiger charge is -2.09. The van der Waals surface area contributed by atoms with E-state index in [1.807, 2.05) is 0 Å². The van der Waals surface area contributed by atoms with Gasteiger partial charge in [0.05, 0.1) is 15.8 Å². The molecule has 114 valence electrons. The van der Waals surface area contributed by atoms with E-state index in [0.29, 0.717) is 0 Å². The van der Waals surface area contributed by atoms with Crippen molar-refractivity contribution in [3.8, 4) is 0 Å². The van der Waals surface area contributed by atoms with Gasteiger partial charge < -0.3 is 0 Å². The molecule has 6 nitrogen and oxygen atoms in total. The Bertz CT molecular complexity index is 707. The average molecular weight is 365 g/mol. The molecule has 0 aliphatic carbocycles. The van der Waals surface area contributed by atoms with Gasteiger partial charge in [-0.05, 0) is 18.6 Å². The van der Waals surface area contributed by atoms with Gasteiger partial charge in [-0.1, -0.05) is 23.2 Å². The van der Waals surface area contributed by atoms with Gasteiger partial charge in [0.25, 0.3) is 0 Å². The quantitative estimate of drug-likeness (QED) is 0.581. The first kappa shape index (κ1) is 17.6. The first-order valence-corrected chi connectivity index (χ1v) is 9.13. The summed E-state index contributed by atoms with van der Waals surface area (Å²) in [6.45, 7) is -0.181. The molecule has 0 fully saturated rings. The van der Waals surface area contributed by atoms with Crippen LogP contribution in [0.1, 0.15) is 6.42 Å². The number of nitrogens with one attached hydrogen (secondary N) is 1. The van der Waals surface area contributed by atoms with Gasteiger partial charge in [0.2, 0.25) is 20.0 Å². The lowest BCUT2D eigenvalue weighted by molar-refractivity contribution is 0.574. The van der Waals surface area contributed by atoms with Crippen LogP contribution >= 0.6 is 23.2 Å². The Morgan fingerprint density at radius 3 is 2.35 bits per heavy atom. The predicted octanol–water partition coefficient (Wildman–Crippen LogP) is 1.09. The Morgan fingerprint density at radius 2 is 1.80 bits per heavy atom. The van der Waals surface area contributed by atoms with E-state index < -0.39 is 35.8 Å². The number of hydrogen-bond acceptors (Lipinski definition) is 4. The molecule has 0 spiro atoms. The summed E-state index contributed by atoms with van der Waals surface area (Å²) in [4.78, 5) is -0.475. The minimum atomic E-state index is -4.06. The zero-order valence-corrected chi connectivity index (χ0v) is 13.1. The van der Waals surface area contributed by atoms with Crippen molar-refractivity contribution in [2.45, 2.75) is 11.3 Å². The summed E-state index contributed by atoms with van der Waals surface area (Å²) >= 11 is 11.0. The summed E-state index contributed by atoms with van der Waals surface area (Å²) in [5.74, 6) is -1.42. The van der Waals surface area contributed by atoms with Crippen molar-refractivity contribution in [1.29, 1.82) is 0 Å². The monoisotopic (exact) mass is 364 g/mol. The van der Waals surface area contributed by atoms with Gasteiger partial charge >= 0.3 is 0 Å². The standard InChI is InChI=1S/C9H11Cl2FN2O4S2/c10-6-2-3-7(8(11)9(6)12)20(17,18)14-4-1-5-19(13,15)16/h2-3,14H,1,4-5H2,(H2,13,15,16).